The molecule has 0 saturated heterocycles. The monoisotopic (exact) mass is 381 g/mol. The van der Waals surface area contributed by atoms with Crippen molar-refractivity contribution < 1.29 is 14.3 Å². The second kappa shape index (κ2) is 9.15. The van der Waals surface area contributed by atoms with E-state index in [0.29, 0.717) is 12.1 Å². The van der Waals surface area contributed by atoms with E-state index in [1.54, 1.807) is 20.8 Å². The first-order chi connectivity index (χ1) is 12.4. The number of ether oxygens (including phenoxy) is 1. The molecule has 0 aliphatic carbocycles. The predicted molar refractivity (Wildman–Crippen MR) is 101 cm³/mol. The number of aromatic nitrogens is 2. The van der Waals surface area contributed by atoms with E-state index in [1.807, 2.05) is 13.8 Å². The van der Waals surface area contributed by atoms with Crippen LogP contribution in [0.25, 0.3) is 0 Å². The molecule has 0 aliphatic heterocycles. The molecule has 27 heavy (non-hydrogen) atoms. The Balaban J connectivity index is 2.84. The average Bonchev–Trinajstić information content (AvgIpc) is 2.46. The van der Waals surface area contributed by atoms with E-state index in [-0.39, 0.29) is 11.5 Å². The summed E-state index contributed by atoms with van der Waals surface area (Å²) >= 11 is 0. The minimum atomic E-state index is -0.855. The Kier molecular flexibility index (Phi) is 7.50. The van der Waals surface area contributed by atoms with Gasteiger partial charge in [0, 0.05) is 5.69 Å². The van der Waals surface area contributed by atoms with Gasteiger partial charge in [0.1, 0.15) is 11.6 Å². The van der Waals surface area contributed by atoms with E-state index in [0.717, 1.165) is 6.21 Å². The molecule has 10 nitrogen and oxygen atoms in total. The highest BCUT2D eigenvalue weighted by Crippen LogP contribution is 2.09. The number of amides is 2. The molecule has 0 radical (unpaired) electrons. The minimum absolute atomic E-state index is 0.107. The summed E-state index contributed by atoms with van der Waals surface area (Å²) in [7, 11) is 0. The Morgan fingerprint density at radius 1 is 1.22 bits per heavy atom. The lowest BCUT2D eigenvalue weighted by atomic mass is 10.0. The average molecular weight is 381 g/mol. The maximum Gasteiger partial charge on any atom is 0.408 e. The summed E-state index contributed by atoms with van der Waals surface area (Å²) in [6.07, 6.45) is 0.793. The van der Waals surface area contributed by atoms with Crippen molar-refractivity contribution in [2.75, 3.05) is 0 Å². The van der Waals surface area contributed by atoms with Crippen LogP contribution in [0.2, 0.25) is 0 Å². The molecule has 1 heterocycles. The number of hydrogen-bond acceptors (Lipinski definition) is 6. The first-order valence-corrected chi connectivity index (χ1v) is 8.54. The molecule has 1 atom stereocenters. The number of rotatable bonds is 6. The molecule has 0 aromatic carbocycles. The Hall–Kier alpha value is -2.91. The molecule has 0 saturated carbocycles. The van der Waals surface area contributed by atoms with Crippen LogP contribution in [-0.4, -0.2) is 39.8 Å². The van der Waals surface area contributed by atoms with Gasteiger partial charge in [0.25, 0.3) is 11.5 Å². The lowest BCUT2D eigenvalue weighted by molar-refractivity contribution is -0.123. The van der Waals surface area contributed by atoms with Crippen molar-refractivity contribution in [1.29, 1.82) is 0 Å². The topological polar surface area (TPSA) is 146 Å². The lowest BCUT2D eigenvalue weighted by Crippen LogP contribution is -2.47. The Morgan fingerprint density at radius 2 is 1.85 bits per heavy atom. The molecule has 2 amide bonds. The number of H-pyrrole nitrogens is 2. The van der Waals surface area contributed by atoms with Crippen molar-refractivity contribution >= 4 is 18.2 Å². The normalized spacial score (nSPS) is 12.9. The van der Waals surface area contributed by atoms with Gasteiger partial charge in [0.2, 0.25) is 0 Å². The van der Waals surface area contributed by atoms with Crippen LogP contribution in [0.3, 0.4) is 0 Å². The van der Waals surface area contributed by atoms with Gasteiger partial charge < -0.3 is 15.0 Å². The van der Waals surface area contributed by atoms with E-state index in [2.05, 4.69) is 25.8 Å². The number of nitrogens with one attached hydrogen (secondary N) is 4. The molecule has 0 fully saturated rings. The number of hydrogen-bond donors (Lipinski definition) is 4. The number of hydrazone groups is 1. The van der Waals surface area contributed by atoms with Crippen molar-refractivity contribution in [2.45, 2.75) is 59.6 Å². The van der Waals surface area contributed by atoms with E-state index < -0.39 is 34.9 Å². The smallest absolute Gasteiger partial charge is 0.408 e. The molecule has 1 aromatic heterocycles. The summed E-state index contributed by atoms with van der Waals surface area (Å²) in [5.41, 5.74) is 0.765. The molecule has 10 heteroatoms. The van der Waals surface area contributed by atoms with Gasteiger partial charge in [-0.05, 0) is 40.0 Å². The fourth-order valence-corrected chi connectivity index (χ4v) is 2.16. The molecule has 1 rings (SSSR count). The second-order valence-electron chi connectivity index (χ2n) is 7.51. The van der Waals surface area contributed by atoms with Gasteiger partial charge in [-0.3, -0.25) is 14.6 Å². The first-order valence-electron chi connectivity index (χ1n) is 8.54. The summed E-state index contributed by atoms with van der Waals surface area (Å²) < 4.78 is 5.17. The van der Waals surface area contributed by atoms with Gasteiger partial charge in [0.15, 0.2) is 0 Å². The van der Waals surface area contributed by atoms with Gasteiger partial charge in [-0.1, -0.05) is 13.8 Å². The van der Waals surface area contributed by atoms with E-state index >= 15 is 0 Å². The Morgan fingerprint density at radius 3 is 2.37 bits per heavy atom. The zero-order valence-electron chi connectivity index (χ0n) is 16.4. The largest absolute Gasteiger partial charge is 0.444 e. The van der Waals surface area contributed by atoms with Gasteiger partial charge in [-0.25, -0.2) is 15.0 Å². The molecule has 0 aliphatic rings. The van der Waals surface area contributed by atoms with Crippen molar-refractivity contribution in [3.63, 3.8) is 0 Å². The zero-order chi connectivity index (χ0) is 20.8. The van der Waals surface area contributed by atoms with Crippen LogP contribution < -0.4 is 22.0 Å². The highest BCUT2D eigenvalue weighted by Gasteiger charge is 2.25. The standard InChI is InChI=1S/C17H27N5O5/c1-9(2)7-12(20-16(26)27-17(4,5)6)14(24)22-18-8-11-10(3)19-15(25)21-13(11)23/h8-9,12H,7H2,1-6H3,(H,20,26)(H,22,24)(H2,19,21,23,25)/b18-8-/t12-/m0/s1. The SMILES string of the molecule is Cc1[nH]c(=O)[nH]c(=O)c1/C=N\NC(=O)[C@H](CC(C)C)NC(=O)OC(C)(C)C. The van der Waals surface area contributed by atoms with Crippen molar-refractivity contribution in [3.05, 3.63) is 32.1 Å². The maximum atomic E-state index is 12.4. The molecule has 1 aromatic rings. The number of aryl methyl sites for hydroxylation is 1. The highest BCUT2D eigenvalue weighted by molar-refractivity contribution is 5.87. The summed E-state index contributed by atoms with van der Waals surface area (Å²) in [5.74, 6) is -0.423. The van der Waals surface area contributed by atoms with Gasteiger partial charge >= 0.3 is 11.8 Å². The first kappa shape index (κ1) is 22.1. The predicted octanol–water partition coefficient (Wildman–Crippen LogP) is 0.761. The lowest BCUT2D eigenvalue weighted by Gasteiger charge is -2.23. The van der Waals surface area contributed by atoms with E-state index in [4.69, 9.17) is 4.74 Å². The van der Waals surface area contributed by atoms with Crippen molar-refractivity contribution in [2.24, 2.45) is 11.0 Å². The number of nitrogens with zero attached hydrogens (tertiary/aromatic N) is 1. The fraction of sp³-hybridized carbons (Fsp3) is 0.588. The fourth-order valence-electron chi connectivity index (χ4n) is 2.16. The number of alkyl carbamates (subject to hydrolysis) is 1. The summed E-state index contributed by atoms with van der Waals surface area (Å²) in [4.78, 5) is 51.7. The molecule has 150 valence electrons. The second-order valence-corrected chi connectivity index (χ2v) is 7.51. The number of carbonyl (C=O) groups is 2. The zero-order valence-corrected chi connectivity index (χ0v) is 16.4. The molecular weight excluding hydrogens is 354 g/mol. The van der Waals surface area contributed by atoms with Crippen molar-refractivity contribution in [3.8, 4) is 0 Å². The third-order valence-corrected chi connectivity index (χ3v) is 3.26. The summed E-state index contributed by atoms with van der Waals surface area (Å²) in [5, 5.41) is 6.27. The van der Waals surface area contributed by atoms with Gasteiger partial charge in [-0.15, -0.1) is 0 Å². The minimum Gasteiger partial charge on any atom is -0.444 e. The van der Waals surface area contributed by atoms with Crippen molar-refractivity contribution in [1.82, 2.24) is 20.7 Å². The third kappa shape index (κ3) is 7.89. The third-order valence-electron chi connectivity index (χ3n) is 3.26. The van der Waals surface area contributed by atoms with E-state index in [1.165, 1.54) is 6.92 Å². The van der Waals surface area contributed by atoms with Crippen LogP contribution in [0.5, 0.6) is 0 Å². The van der Waals surface area contributed by atoms with Crippen LogP contribution in [0.4, 0.5) is 4.79 Å². The van der Waals surface area contributed by atoms with E-state index in [9.17, 15) is 19.2 Å². The molecule has 0 unspecified atom stereocenters. The van der Waals surface area contributed by atoms with Crippen LogP contribution in [0.1, 0.15) is 52.3 Å². The summed E-state index contributed by atoms with van der Waals surface area (Å²) in [6, 6.07) is -0.855. The maximum absolute atomic E-state index is 12.4. The van der Waals surface area contributed by atoms with Crippen LogP contribution in [0, 0.1) is 12.8 Å². The van der Waals surface area contributed by atoms with Crippen LogP contribution >= 0.6 is 0 Å². The Labute approximate surface area is 156 Å². The van der Waals surface area contributed by atoms with Crippen LogP contribution in [0.15, 0.2) is 14.7 Å². The molecule has 0 spiro atoms. The summed E-state index contributed by atoms with van der Waals surface area (Å²) in [6.45, 7) is 10.5. The quantitative estimate of drug-likeness (QED) is 0.424. The number of aromatic amines is 2. The Bertz CT molecular complexity index is 816. The highest BCUT2D eigenvalue weighted by atomic mass is 16.6. The number of carbonyl (C=O) groups excluding carboxylic acids is 2. The van der Waals surface area contributed by atoms with Crippen LogP contribution in [-0.2, 0) is 9.53 Å². The molecule has 0 bridgehead atoms. The molecular formula is C17H27N5O5. The van der Waals surface area contributed by atoms with Gasteiger partial charge in [0.05, 0.1) is 11.8 Å². The van der Waals surface area contributed by atoms with Gasteiger partial charge in [-0.2, -0.15) is 5.10 Å². The molecule has 4 N–H and O–H groups in total.